The van der Waals surface area contributed by atoms with Gasteiger partial charge >= 0.3 is 0 Å². The standard InChI is InChI=1S/C13H19N/c1-3-13(8-9-14-13)10-12-7-5-4-6-11(12)2/h4-7,14H,3,8-10H2,1-2H3. The van der Waals surface area contributed by atoms with Crippen LogP contribution in [0.4, 0.5) is 0 Å². The van der Waals surface area contributed by atoms with Crippen LogP contribution in [0.1, 0.15) is 30.9 Å². The van der Waals surface area contributed by atoms with Gasteiger partial charge in [0.15, 0.2) is 0 Å². The molecule has 76 valence electrons. The van der Waals surface area contributed by atoms with Crippen molar-refractivity contribution in [3.63, 3.8) is 0 Å². The van der Waals surface area contributed by atoms with Gasteiger partial charge in [0.05, 0.1) is 0 Å². The second-order valence-corrected chi connectivity index (χ2v) is 4.41. The van der Waals surface area contributed by atoms with Crippen molar-refractivity contribution < 1.29 is 0 Å². The average Bonchev–Trinajstić information content (AvgIpc) is 2.14. The Balaban J connectivity index is 2.13. The highest BCUT2D eigenvalue weighted by molar-refractivity contribution is 5.28. The minimum Gasteiger partial charge on any atom is -0.311 e. The lowest BCUT2D eigenvalue weighted by Crippen LogP contribution is -2.57. The lowest BCUT2D eigenvalue weighted by molar-refractivity contribution is 0.198. The SMILES string of the molecule is CCC1(Cc2ccccc2C)CCN1. The zero-order valence-corrected chi connectivity index (χ0v) is 9.14. The monoisotopic (exact) mass is 189 g/mol. The molecule has 14 heavy (non-hydrogen) atoms. The van der Waals surface area contributed by atoms with Crippen LogP contribution < -0.4 is 5.32 Å². The van der Waals surface area contributed by atoms with Gasteiger partial charge in [-0.05, 0) is 43.9 Å². The first kappa shape index (κ1) is 9.72. The van der Waals surface area contributed by atoms with Gasteiger partial charge in [-0.2, -0.15) is 0 Å². The lowest BCUT2D eigenvalue weighted by Gasteiger charge is -2.43. The first-order valence-electron chi connectivity index (χ1n) is 5.55. The zero-order chi connectivity index (χ0) is 10.0. The fourth-order valence-electron chi connectivity index (χ4n) is 2.23. The summed E-state index contributed by atoms with van der Waals surface area (Å²) in [7, 11) is 0. The summed E-state index contributed by atoms with van der Waals surface area (Å²) in [5.41, 5.74) is 3.34. The van der Waals surface area contributed by atoms with E-state index in [0.717, 1.165) is 0 Å². The van der Waals surface area contributed by atoms with Crippen molar-refractivity contribution in [2.75, 3.05) is 6.54 Å². The number of nitrogens with one attached hydrogen (secondary N) is 1. The Labute approximate surface area is 86.5 Å². The molecule has 0 aliphatic carbocycles. The summed E-state index contributed by atoms with van der Waals surface area (Å²) in [6, 6.07) is 8.72. The van der Waals surface area contributed by atoms with Crippen LogP contribution in [0, 0.1) is 6.92 Å². The van der Waals surface area contributed by atoms with Crippen LogP contribution in [0.5, 0.6) is 0 Å². The summed E-state index contributed by atoms with van der Waals surface area (Å²) >= 11 is 0. The van der Waals surface area contributed by atoms with Crippen molar-refractivity contribution in [3.8, 4) is 0 Å². The van der Waals surface area contributed by atoms with E-state index in [1.165, 1.54) is 36.9 Å². The molecule has 1 atom stereocenters. The molecule has 0 spiro atoms. The van der Waals surface area contributed by atoms with E-state index in [-0.39, 0.29) is 0 Å². The number of aryl methyl sites for hydroxylation is 1. The summed E-state index contributed by atoms with van der Waals surface area (Å²) in [5.74, 6) is 0. The molecule has 1 heterocycles. The molecular formula is C13H19N. The Morgan fingerprint density at radius 1 is 1.36 bits per heavy atom. The van der Waals surface area contributed by atoms with Crippen LogP contribution in [-0.2, 0) is 6.42 Å². The Kier molecular flexibility index (Phi) is 2.60. The highest BCUT2D eigenvalue weighted by Crippen LogP contribution is 2.28. The molecule has 0 amide bonds. The Morgan fingerprint density at radius 2 is 2.07 bits per heavy atom. The third-order valence-electron chi connectivity index (χ3n) is 3.57. The lowest BCUT2D eigenvalue weighted by atomic mass is 9.79. The largest absolute Gasteiger partial charge is 0.311 e. The van der Waals surface area contributed by atoms with Crippen molar-refractivity contribution in [2.24, 2.45) is 0 Å². The predicted molar refractivity (Wildman–Crippen MR) is 60.5 cm³/mol. The van der Waals surface area contributed by atoms with Crippen LogP contribution in [-0.4, -0.2) is 12.1 Å². The topological polar surface area (TPSA) is 12.0 Å². The maximum atomic E-state index is 3.58. The molecule has 1 aromatic carbocycles. The second kappa shape index (κ2) is 3.74. The van der Waals surface area contributed by atoms with E-state index in [4.69, 9.17) is 0 Å². The molecule has 1 unspecified atom stereocenters. The van der Waals surface area contributed by atoms with E-state index in [9.17, 15) is 0 Å². The number of rotatable bonds is 3. The second-order valence-electron chi connectivity index (χ2n) is 4.41. The summed E-state index contributed by atoms with van der Waals surface area (Å²) in [6.45, 7) is 5.68. The van der Waals surface area contributed by atoms with Crippen molar-refractivity contribution in [3.05, 3.63) is 35.4 Å². The van der Waals surface area contributed by atoms with Gasteiger partial charge in [0.25, 0.3) is 0 Å². The highest BCUT2D eigenvalue weighted by atomic mass is 15.0. The number of benzene rings is 1. The summed E-state index contributed by atoms with van der Waals surface area (Å²) < 4.78 is 0. The fourth-order valence-corrected chi connectivity index (χ4v) is 2.23. The molecule has 0 radical (unpaired) electrons. The molecule has 1 N–H and O–H groups in total. The van der Waals surface area contributed by atoms with Crippen LogP contribution in [0.3, 0.4) is 0 Å². The van der Waals surface area contributed by atoms with Gasteiger partial charge in [0.1, 0.15) is 0 Å². The third-order valence-corrected chi connectivity index (χ3v) is 3.57. The zero-order valence-electron chi connectivity index (χ0n) is 9.14. The molecule has 1 aliphatic rings. The van der Waals surface area contributed by atoms with E-state index >= 15 is 0 Å². The van der Waals surface area contributed by atoms with Crippen LogP contribution in [0.25, 0.3) is 0 Å². The number of hydrogen-bond acceptors (Lipinski definition) is 1. The van der Waals surface area contributed by atoms with E-state index in [1.807, 2.05) is 0 Å². The predicted octanol–water partition coefficient (Wildman–Crippen LogP) is 2.68. The van der Waals surface area contributed by atoms with Crippen molar-refractivity contribution in [1.29, 1.82) is 0 Å². The smallest absolute Gasteiger partial charge is 0.0231 e. The molecule has 2 rings (SSSR count). The minimum atomic E-state index is 0.409. The van der Waals surface area contributed by atoms with E-state index in [2.05, 4.69) is 43.4 Å². The van der Waals surface area contributed by atoms with Gasteiger partial charge in [-0.15, -0.1) is 0 Å². The maximum absolute atomic E-state index is 3.58. The quantitative estimate of drug-likeness (QED) is 0.771. The first-order valence-corrected chi connectivity index (χ1v) is 5.55. The van der Waals surface area contributed by atoms with Gasteiger partial charge in [-0.1, -0.05) is 31.2 Å². The molecule has 1 aromatic rings. The summed E-state index contributed by atoms with van der Waals surface area (Å²) in [5, 5.41) is 3.58. The molecular weight excluding hydrogens is 170 g/mol. The van der Waals surface area contributed by atoms with Gasteiger partial charge < -0.3 is 5.32 Å². The van der Waals surface area contributed by atoms with Crippen LogP contribution in [0.2, 0.25) is 0 Å². The Hall–Kier alpha value is -0.820. The number of hydrogen-bond donors (Lipinski definition) is 1. The van der Waals surface area contributed by atoms with Gasteiger partial charge in [0.2, 0.25) is 0 Å². The summed E-state index contributed by atoms with van der Waals surface area (Å²) in [6.07, 6.45) is 3.76. The van der Waals surface area contributed by atoms with Crippen molar-refractivity contribution in [2.45, 2.75) is 38.6 Å². The summed E-state index contributed by atoms with van der Waals surface area (Å²) in [4.78, 5) is 0. The minimum absolute atomic E-state index is 0.409. The molecule has 1 fully saturated rings. The van der Waals surface area contributed by atoms with Crippen molar-refractivity contribution in [1.82, 2.24) is 5.32 Å². The van der Waals surface area contributed by atoms with E-state index in [0.29, 0.717) is 5.54 Å². The van der Waals surface area contributed by atoms with Gasteiger partial charge in [0, 0.05) is 5.54 Å². The molecule has 1 heteroatoms. The first-order chi connectivity index (χ1) is 6.76. The van der Waals surface area contributed by atoms with Crippen LogP contribution >= 0.6 is 0 Å². The molecule has 1 saturated heterocycles. The van der Waals surface area contributed by atoms with E-state index < -0.39 is 0 Å². The average molecular weight is 189 g/mol. The normalized spacial score (nSPS) is 25.9. The van der Waals surface area contributed by atoms with Crippen molar-refractivity contribution >= 4 is 0 Å². The molecule has 1 nitrogen and oxygen atoms in total. The van der Waals surface area contributed by atoms with E-state index in [1.54, 1.807) is 0 Å². The molecule has 0 saturated carbocycles. The third kappa shape index (κ3) is 1.69. The fraction of sp³-hybridized carbons (Fsp3) is 0.538. The molecule has 0 bridgehead atoms. The Morgan fingerprint density at radius 3 is 2.57 bits per heavy atom. The highest BCUT2D eigenvalue weighted by Gasteiger charge is 2.34. The molecule has 1 aliphatic heterocycles. The Bertz CT molecular complexity index is 307. The van der Waals surface area contributed by atoms with Gasteiger partial charge in [-0.3, -0.25) is 0 Å². The van der Waals surface area contributed by atoms with Gasteiger partial charge in [-0.25, -0.2) is 0 Å². The van der Waals surface area contributed by atoms with Crippen LogP contribution in [0.15, 0.2) is 24.3 Å². The maximum Gasteiger partial charge on any atom is 0.0231 e. The molecule has 0 aromatic heterocycles.